The van der Waals surface area contributed by atoms with Gasteiger partial charge in [0.15, 0.2) is 5.65 Å². The van der Waals surface area contributed by atoms with E-state index in [-0.39, 0.29) is 11.7 Å². The molecule has 0 radical (unpaired) electrons. The Labute approximate surface area is 172 Å². The van der Waals surface area contributed by atoms with Crippen molar-refractivity contribution < 1.29 is 9.18 Å². The molecule has 0 atom stereocenters. The van der Waals surface area contributed by atoms with Crippen LogP contribution in [0.2, 0.25) is 0 Å². The van der Waals surface area contributed by atoms with E-state index in [2.05, 4.69) is 9.88 Å². The van der Waals surface area contributed by atoms with E-state index in [0.717, 1.165) is 38.7 Å². The Hall–Kier alpha value is -3.80. The summed E-state index contributed by atoms with van der Waals surface area (Å²) in [5.74, 6) is -0.357. The fourth-order valence-electron chi connectivity index (χ4n) is 3.71. The van der Waals surface area contributed by atoms with Crippen LogP contribution >= 0.6 is 0 Å². The summed E-state index contributed by atoms with van der Waals surface area (Å²) < 4.78 is 15.1. The number of fused-ring (bicyclic) bond motifs is 4. The van der Waals surface area contributed by atoms with E-state index >= 15 is 0 Å². The fourth-order valence-corrected chi connectivity index (χ4v) is 3.71. The van der Waals surface area contributed by atoms with Gasteiger partial charge in [-0.25, -0.2) is 14.4 Å². The Balaban J connectivity index is 1.42. The third kappa shape index (κ3) is 3.37. The lowest BCUT2D eigenvalue weighted by molar-refractivity contribution is -0.121. The van der Waals surface area contributed by atoms with Gasteiger partial charge >= 0.3 is 0 Å². The largest absolute Gasteiger partial charge is 0.352 e. The second-order valence-corrected chi connectivity index (χ2v) is 7.21. The zero-order chi connectivity index (χ0) is 20.5. The molecule has 5 rings (SSSR count). The molecule has 0 saturated carbocycles. The maximum Gasteiger partial charge on any atom is 0.222 e. The molecule has 2 aromatic heterocycles. The van der Waals surface area contributed by atoms with Crippen LogP contribution < -0.4 is 5.32 Å². The molecular weight excluding hydrogens is 379 g/mol. The van der Waals surface area contributed by atoms with Crippen molar-refractivity contribution in [3.63, 3.8) is 0 Å². The van der Waals surface area contributed by atoms with Crippen molar-refractivity contribution in [1.29, 1.82) is 0 Å². The molecule has 6 heteroatoms. The summed E-state index contributed by atoms with van der Waals surface area (Å²) in [4.78, 5) is 22.1. The molecule has 3 aromatic carbocycles. The number of nitrogens with zero attached hydrogens (tertiary/aromatic N) is 3. The van der Waals surface area contributed by atoms with Crippen molar-refractivity contribution in [1.82, 2.24) is 19.9 Å². The topological polar surface area (TPSA) is 59.8 Å². The summed E-state index contributed by atoms with van der Waals surface area (Å²) >= 11 is 0. The van der Waals surface area contributed by atoms with Gasteiger partial charge < -0.3 is 9.88 Å². The smallest absolute Gasteiger partial charge is 0.222 e. The van der Waals surface area contributed by atoms with E-state index in [1.165, 1.54) is 12.1 Å². The van der Waals surface area contributed by atoms with Crippen LogP contribution in [0.4, 0.5) is 4.39 Å². The number of rotatable bonds is 5. The predicted octanol–water partition coefficient (Wildman–Crippen LogP) is 4.58. The number of nitrogens with one attached hydrogen (secondary N) is 1. The number of halogens is 1. The second-order valence-electron chi connectivity index (χ2n) is 7.21. The quantitative estimate of drug-likeness (QED) is 0.471. The molecule has 0 fully saturated rings. The number of para-hydroxylation sites is 3. The highest BCUT2D eigenvalue weighted by Gasteiger charge is 2.15. The Bertz CT molecular complexity index is 1380. The number of aromatic nitrogens is 3. The monoisotopic (exact) mass is 398 g/mol. The molecule has 0 unspecified atom stereocenters. The van der Waals surface area contributed by atoms with E-state index in [1.807, 2.05) is 48.5 Å². The second kappa shape index (κ2) is 7.55. The number of aryl methyl sites for hydroxylation is 1. The average Bonchev–Trinajstić information content (AvgIpc) is 3.08. The molecule has 5 nitrogen and oxygen atoms in total. The molecule has 1 amide bonds. The molecule has 1 N–H and O–H groups in total. The standard InChI is InChI=1S/C24H19FN4O/c25-17-11-9-16(10-12-17)15-26-22(30)13-14-29-21-8-4-1-5-18(21)23-24(29)28-20-7-3-2-6-19(20)27-23/h1-12H,13-15H2,(H,26,30). The predicted molar refractivity (Wildman–Crippen MR) is 115 cm³/mol. The molecule has 0 bridgehead atoms. The van der Waals surface area contributed by atoms with Crippen molar-refractivity contribution in [3.8, 4) is 0 Å². The van der Waals surface area contributed by atoms with Crippen molar-refractivity contribution in [2.75, 3.05) is 0 Å². The van der Waals surface area contributed by atoms with E-state index < -0.39 is 0 Å². The van der Waals surface area contributed by atoms with Gasteiger partial charge in [-0.05, 0) is 35.9 Å². The lowest BCUT2D eigenvalue weighted by Crippen LogP contribution is -2.24. The third-order valence-corrected chi connectivity index (χ3v) is 5.22. The van der Waals surface area contributed by atoms with Crippen LogP contribution in [0.1, 0.15) is 12.0 Å². The molecule has 2 heterocycles. The van der Waals surface area contributed by atoms with Crippen LogP contribution in [0, 0.1) is 5.82 Å². The Morgan fingerprint density at radius 3 is 2.40 bits per heavy atom. The van der Waals surface area contributed by atoms with Gasteiger partial charge in [-0.1, -0.05) is 42.5 Å². The molecule has 148 valence electrons. The first-order chi connectivity index (χ1) is 14.7. The number of benzene rings is 3. The van der Waals surface area contributed by atoms with Crippen LogP contribution in [0.3, 0.4) is 0 Å². The van der Waals surface area contributed by atoms with Crippen LogP contribution in [-0.4, -0.2) is 20.4 Å². The van der Waals surface area contributed by atoms with Gasteiger partial charge in [0.25, 0.3) is 0 Å². The SMILES string of the molecule is O=C(CCn1c2ccccc2c2nc3ccccc3nc21)NCc1ccc(F)cc1. The van der Waals surface area contributed by atoms with Gasteiger partial charge in [0, 0.05) is 24.9 Å². The van der Waals surface area contributed by atoms with Gasteiger partial charge in [-0.2, -0.15) is 0 Å². The summed E-state index contributed by atoms with van der Waals surface area (Å²) in [5, 5.41) is 3.92. The van der Waals surface area contributed by atoms with Crippen molar-refractivity contribution in [2.24, 2.45) is 0 Å². The van der Waals surface area contributed by atoms with E-state index in [0.29, 0.717) is 19.5 Å². The zero-order valence-corrected chi connectivity index (χ0v) is 16.2. The minimum atomic E-state index is -0.287. The van der Waals surface area contributed by atoms with Gasteiger partial charge in [-0.15, -0.1) is 0 Å². The van der Waals surface area contributed by atoms with Crippen molar-refractivity contribution in [2.45, 2.75) is 19.5 Å². The zero-order valence-electron chi connectivity index (χ0n) is 16.2. The number of hydrogen-bond acceptors (Lipinski definition) is 3. The lowest BCUT2D eigenvalue weighted by Gasteiger charge is -2.08. The minimum Gasteiger partial charge on any atom is -0.352 e. The lowest BCUT2D eigenvalue weighted by atomic mass is 10.2. The normalized spacial score (nSPS) is 11.4. The first-order valence-corrected chi connectivity index (χ1v) is 9.84. The molecule has 5 aromatic rings. The number of amides is 1. The van der Waals surface area contributed by atoms with E-state index in [1.54, 1.807) is 12.1 Å². The van der Waals surface area contributed by atoms with Crippen molar-refractivity contribution >= 4 is 39.0 Å². The van der Waals surface area contributed by atoms with Crippen LogP contribution in [0.5, 0.6) is 0 Å². The fraction of sp³-hybridized carbons (Fsp3) is 0.125. The van der Waals surface area contributed by atoms with E-state index in [9.17, 15) is 9.18 Å². The molecule has 0 aliphatic rings. The summed E-state index contributed by atoms with van der Waals surface area (Å²) in [6.07, 6.45) is 0.309. The molecule has 0 aliphatic carbocycles. The average molecular weight is 398 g/mol. The summed E-state index contributed by atoms with van der Waals surface area (Å²) in [7, 11) is 0. The maximum atomic E-state index is 13.0. The van der Waals surface area contributed by atoms with Crippen LogP contribution in [0.25, 0.3) is 33.1 Å². The maximum absolute atomic E-state index is 13.0. The van der Waals surface area contributed by atoms with Crippen molar-refractivity contribution in [3.05, 3.63) is 84.2 Å². The molecule has 0 saturated heterocycles. The highest BCUT2D eigenvalue weighted by molar-refractivity contribution is 6.06. The highest BCUT2D eigenvalue weighted by Crippen LogP contribution is 2.28. The Morgan fingerprint density at radius 1 is 0.900 bits per heavy atom. The van der Waals surface area contributed by atoms with Gasteiger partial charge in [0.2, 0.25) is 5.91 Å². The third-order valence-electron chi connectivity index (χ3n) is 5.22. The minimum absolute atomic E-state index is 0.0704. The van der Waals surface area contributed by atoms with Crippen LogP contribution in [0.15, 0.2) is 72.8 Å². The molecular formula is C24H19FN4O. The first-order valence-electron chi connectivity index (χ1n) is 9.84. The Morgan fingerprint density at radius 2 is 1.60 bits per heavy atom. The van der Waals surface area contributed by atoms with Gasteiger partial charge in [0.1, 0.15) is 11.3 Å². The van der Waals surface area contributed by atoms with E-state index in [4.69, 9.17) is 9.97 Å². The van der Waals surface area contributed by atoms with Gasteiger partial charge in [0.05, 0.1) is 16.6 Å². The highest BCUT2D eigenvalue weighted by atomic mass is 19.1. The summed E-state index contributed by atoms with van der Waals surface area (Å²) in [5.41, 5.74) is 5.17. The summed E-state index contributed by atoms with van der Waals surface area (Å²) in [6, 6.07) is 21.9. The number of carbonyl (C=O) groups excluding carboxylic acids is 1. The first kappa shape index (κ1) is 18.2. The molecule has 0 aliphatic heterocycles. The Kier molecular flexibility index (Phi) is 4.59. The molecule has 30 heavy (non-hydrogen) atoms. The molecule has 0 spiro atoms. The van der Waals surface area contributed by atoms with Crippen LogP contribution in [-0.2, 0) is 17.9 Å². The number of hydrogen-bond donors (Lipinski definition) is 1. The van der Waals surface area contributed by atoms with Gasteiger partial charge in [-0.3, -0.25) is 4.79 Å². The number of carbonyl (C=O) groups is 1. The summed E-state index contributed by atoms with van der Waals surface area (Å²) in [6.45, 7) is 0.864.